The fourth-order valence-corrected chi connectivity index (χ4v) is 2.19. The lowest BCUT2D eigenvalue weighted by Crippen LogP contribution is -1.97. The summed E-state index contributed by atoms with van der Waals surface area (Å²) in [6.07, 6.45) is 0. The van der Waals surface area contributed by atoms with Crippen molar-refractivity contribution in [1.29, 1.82) is 0 Å². The quantitative estimate of drug-likeness (QED) is 0.919. The molecular weight excluding hydrogens is 242 g/mol. The molecule has 1 heterocycles. The maximum absolute atomic E-state index is 9.35. The normalized spacial score (nSPS) is 10.6. The zero-order valence-electron chi connectivity index (χ0n) is 11.7. The minimum Gasteiger partial charge on any atom is -0.497 e. The second kappa shape index (κ2) is 5.36. The van der Waals surface area contributed by atoms with Gasteiger partial charge in [-0.05, 0) is 30.7 Å². The van der Waals surface area contributed by atoms with Crippen LogP contribution in [0.3, 0.4) is 0 Å². The molecule has 0 aliphatic heterocycles. The van der Waals surface area contributed by atoms with Crippen molar-refractivity contribution in [2.75, 3.05) is 14.2 Å². The summed E-state index contributed by atoms with van der Waals surface area (Å²) in [4.78, 5) is 0. The van der Waals surface area contributed by atoms with E-state index < -0.39 is 0 Å². The molecule has 2 rings (SSSR count). The maximum atomic E-state index is 9.35. The van der Waals surface area contributed by atoms with E-state index >= 15 is 0 Å². The molecule has 0 amide bonds. The molecule has 0 radical (unpaired) electrons. The van der Waals surface area contributed by atoms with Gasteiger partial charge in [0.2, 0.25) is 0 Å². The number of nitrogens with zero attached hydrogens (tertiary/aromatic N) is 1. The molecule has 0 fully saturated rings. The first-order chi connectivity index (χ1) is 9.12. The highest BCUT2D eigenvalue weighted by molar-refractivity contribution is 5.70. The van der Waals surface area contributed by atoms with Gasteiger partial charge in [-0.3, -0.25) is 0 Å². The van der Waals surface area contributed by atoms with Crippen LogP contribution in [0.1, 0.15) is 11.3 Å². The van der Waals surface area contributed by atoms with Crippen LogP contribution in [0.4, 0.5) is 0 Å². The summed E-state index contributed by atoms with van der Waals surface area (Å²) in [6.45, 7) is 2.03. The molecule has 0 spiro atoms. The van der Waals surface area contributed by atoms with E-state index in [2.05, 4.69) is 4.57 Å². The monoisotopic (exact) mass is 261 g/mol. The second-order valence-corrected chi connectivity index (χ2v) is 4.42. The van der Waals surface area contributed by atoms with Crippen molar-refractivity contribution < 1.29 is 14.6 Å². The number of aromatic nitrogens is 1. The lowest BCUT2D eigenvalue weighted by molar-refractivity contribution is 0.281. The number of aliphatic hydroxyl groups excluding tert-OH is 1. The maximum Gasteiger partial charge on any atom is 0.131 e. The zero-order chi connectivity index (χ0) is 14.0. The van der Waals surface area contributed by atoms with Gasteiger partial charge in [-0.1, -0.05) is 0 Å². The third-order valence-electron chi connectivity index (χ3n) is 3.50. The first-order valence-electron chi connectivity index (χ1n) is 6.10. The third kappa shape index (κ3) is 2.31. The molecule has 0 unspecified atom stereocenters. The molecule has 0 bridgehead atoms. The Morgan fingerprint density at radius 3 is 2.42 bits per heavy atom. The number of methoxy groups -OCH3 is 2. The molecule has 2 aromatic rings. The van der Waals surface area contributed by atoms with E-state index in [0.29, 0.717) is 0 Å². The second-order valence-electron chi connectivity index (χ2n) is 4.42. The standard InChI is InChI=1S/C15H19NO3/c1-10-11(9-17)7-14(16(10)2)13-6-5-12(18-3)8-15(13)19-4/h5-8,17H,9H2,1-4H3. The van der Waals surface area contributed by atoms with Crippen LogP contribution < -0.4 is 9.47 Å². The predicted molar refractivity (Wildman–Crippen MR) is 74.6 cm³/mol. The van der Waals surface area contributed by atoms with Crippen LogP contribution in [-0.4, -0.2) is 23.9 Å². The molecule has 0 aliphatic rings. The molecule has 19 heavy (non-hydrogen) atoms. The zero-order valence-corrected chi connectivity index (χ0v) is 11.7. The van der Waals surface area contributed by atoms with E-state index in [1.165, 1.54) is 0 Å². The smallest absolute Gasteiger partial charge is 0.131 e. The summed E-state index contributed by atoms with van der Waals surface area (Å²) in [5.41, 5.74) is 3.97. The highest BCUT2D eigenvalue weighted by atomic mass is 16.5. The number of aliphatic hydroxyl groups is 1. The largest absolute Gasteiger partial charge is 0.497 e. The van der Waals surface area contributed by atoms with Gasteiger partial charge >= 0.3 is 0 Å². The first kappa shape index (κ1) is 13.5. The van der Waals surface area contributed by atoms with E-state index in [1.54, 1.807) is 14.2 Å². The molecule has 1 N–H and O–H groups in total. The highest BCUT2D eigenvalue weighted by Crippen LogP contribution is 2.35. The van der Waals surface area contributed by atoms with Crippen molar-refractivity contribution in [3.05, 3.63) is 35.5 Å². The Morgan fingerprint density at radius 1 is 1.16 bits per heavy atom. The van der Waals surface area contributed by atoms with E-state index in [1.807, 2.05) is 38.2 Å². The fraction of sp³-hybridized carbons (Fsp3) is 0.333. The van der Waals surface area contributed by atoms with Gasteiger partial charge in [0.1, 0.15) is 11.5 Å². The van der Waals surface area contributed by atoms with Crippen LogP contribution in [0.15, 0.2) is 24.3 Å². The van der Waals surface area contributed by atoms with E-state index in [0.717, 1.165) is 34.0 Å². The predicted octanol–water partition coefficient (Wildman–Crippen LogP) is 2.51. The summed E-state index contributed by atoms with van der Waals surface area (Å²) < 4.78 is 12.7. The molecule has 1 aromatic carbocycles. The molecule has 0 aliphatic carbocycles. The Hall–Kier alpha value is -1.94. The first-order valence-corrected chi connectivity index (χ1v) is 6.10. The molecule has 0 saturated carbocycles. The molecular formula is C15H19NO3. The molecule has 4 nitrogen and oxygen atoms in total. The van der Waals surface area contributed by atoms with Crippen molar-refractivity contribution in [2.24, 2.45) is 7.05 Å². The van der Waals surface area contributed by atoms with Crippen molar-refractivity contribution >= 4 is 0 Å². The molecule has 102 valence electrons. The molecule has 4 heteroatoms. The summed E-state index contributed by atoms with van der Waals surface area (Å²) in [5, 5.41) is 9.35. The lowest BCUT2D eigenvalue weighted by Gasteiger charge is -2.11. The van der Waals surface area contributed by atoms with E-state index in [-0.39, 0.29) is 6.61 Å². The van der Waals surface area contributed by atoms with Crippen LogP contribution in [0.5, 0.6) is 11.5 Å². The lowest BCUT2D eigenvalue weighted by atomic mass is 10.1. The minimum absolute atomic E-state index is 0.0398. The van der Waals surface area contributed by atoms with Crippen molar-refractivity contribution in [3.63, 3.8) is 0 Å². The van der Waals surface area contributed by atoms with Gasteiger partial charge in [0.15, 0.2) is 0 Å². The van der Waals surface area contributed by atoms with Gasteiger partial charge in [0, 0.05) is 24.4 Å². The van der Waals surface area contributed by atoms with Gasteiger partial charge < -0.3 is 19.1 Å². The van der Waals surface area contributed by atoms with Gasteiger partial charge in [0.25, 0.3) is 0 Å². The van der Waals surface area contributed by atoms with E-state index in [9.17, 15) is 5.11 Å². The number of hydrogen-bond donors (Lipinski definition) is 1. The van der Waals surface area contributed by atoms with Gasteiger partial charge in [-0.15, -0.1) is 0 Å². The summed E-state index contributed by atoms with van der Waals surface area (Å²) in [6, 6.07) is 7.71. The fourth-order valence-electron chi connectivity index (χ4n) is 2.19. The Labute approximate surface area is 113 Å². The minimum atomic E-state index is 0.0398. The number of rotatable bonds is 4. The Balaban J connectivity index is 2.58. The van der Waals surface area contributed by atoms with Crippen LogP contribution in [0.25, 0.3) is 11.3 Å². The Bertz CT molecular complexity index is 587. The van der Waals surface area contributed by atoms with Crippen molar-refractivity contribution in [1.82, 2.24) is 4.57 Å². The Morgan fingerprint density at radius 2 is 1.89 bits per heavy atom. The van der Waals surface area contributed by atoms with Gasteiger partial charge in [-0.25, -0.2) is 0 Å². The number of hydrogen-bond acceptors (Lipinski definition) is 3. The van der Waals surface area contributed by atoms with Gasteiger partial charge in [0.05, 0.1) is 26.5 Å². The van der Waals surface area contributed by atoms with Crippen LogP contribution >= 0.6 is 0 Å². The average molecular weight is 261 g/mol. The highest BCUT2D eigenvalue weighted by Gasteiger charge is 2.14. The average Bonchev–Trinajstić information content (AvgIpc) is 2.74. The SMILES string of the molecule is COc1ccc(-c2cc(CO)c(C)n2C)c(OC)c1. The number of ether oxygens (including phenoxy) is 2. The molecule has 0 saturated heterocycles. The van der Waals surface area contributed by atoms with Crippen LogP contribution in [-0.2, 0) is 13.7 Å². The third-order valence-corrected chi connectivity index (χ3v) is 3.50. The number of benzene rings is 1. The van der Waals surface area contributed by atoms with Gasteiger partial charge in [-0.2, -0.15) is 0 Å². The van der Waals surface area contributed by atoms with Crippen molar-refractivity contribution in [3.8, 4) is 22.8 Å². The van der Waals surface area contributed by atoms with Crippen LogP contribution in [0.2, 0.25) is 0 Å². The summed E-state index contributed by atoms with van der Waals surface area (Å²) in [5.74, 6) is 1.51. The summed E-state index contributed by atoms with van der Waals surface area (Å²) in [7, 11) is 5.25. The topological polar surface area (TPSA) is 43.6 Å². The molecule has 0 atom stereocenters. The Kier molecular flexibility index (Phi) is 3.81. The van der Waals surface area contributed by atoms with E-state index in [4.69, 9.17) is 9.47 Å². The summed E-state index contributed by atoms with van der Waals surface area (Å²) >= 11 is 0. The van der Waals surface area contributed by atoms with Crippen LogP contribution in [0, 0.1) is 6.92 Å². The van der Waals surface area contributed by atoms with Crippen molar-refractivity contribution in [2.45, 2.75) is 13.5 Å². The molecule has 1 aromatic heterocycles.